The van der Waals surface area contributed by atoms with E-state index in [2.05, 4.69) is 12.2 Å². The molecule has 0 unspecified atom stereocenters. The fourth-order valence-electron chi connectivity index (χ4n) is 2.86. The minimum Gasteiger partial charge on any atom is -0.502 e. The molecule has 144 valence electrons. The van der Waals surface area contributed by atoms with Gasteiger partial charge in [0.15, 0.2) is 5.05 Å². The fraction of sp³-hybridized carbons (Fsp3) is 0.944. The number of unbranched alkanes of at least 4 members (excludes halogenated alkanes) is 8. The Morgan fingerprint density at radius 1 is 0.708 bits per heavy atom. The summed E-state index contributed by atoms with van der Waals surface area (Å²) >= 11 is 4.66. The van der Waals surface area contributed by atoms with Crippen LogP contribution < -0.4 is 0 Å². The highest BCUT2D eigenvalue weighted by Crippen LogP contribution is 2.21. The molecule has 0 saturated heterocycles. The zero-order valence-electron chi connectivity index (χ0n) is 16.0. The second kappa shape index (κ2) is 16.5. The zero-order chi connectivity index (χ0) is 18.1. The Balaban J connectivity index is 3.65. The van der Waals surface area contributed by atoms with Crippen molar-refractivity contribution in [3.05, 3.63) is 0 Å². The Kier molecular flexibility index (Phi) is 16.4. The highest BCUT2D eigenvalue weighted by atomic mass is 32.1. The Bertz CT molecular complexity index is 286. The van der Waals surface area contributed by atoms with Gasteiger partial charge >= 0.3 is 8.80 Å². The van der Waals surface area contributed by atoms with E-state index in [1.807, 2.05) is 20.8 Å². The molecule has 0 aromatic heterocycles. The molecular weight excluding hydrogens is 340 g/mol. The van der Waals surface area contributed by atoms with E-state index in [0.29, 0.717) is 26.2 Å². The van der Waals surface area contributed by atoms with E-state index >= 15 is 0 Å². The predicted octanol–water partition coefficient (Wildman–Crippen LogP) is 5.82. The lowest BCUT2D eigenvalue weighted by Crippen LogP contribution is -2.45. The van der Waals surface area contributed by atoms with Crippen molar-refractivity contribution >= 4 is 26.1 Å². The van der Waals surface area contributed by atoms with Crippen molar-refractivity contribution in [1.82, 2.24) is 0 Å². The lowest BCUT2D eigenvalue weighted by Gasteiger charge is -2.28. The third-order valence-electron chi connectivity index (χ3n) is 3.97. The number of aliphatic hydroxyl groups excluding tert-OH is 1. The maximum absolute atomic E-state index is 8.94. The Hall–Kier alpha value is -0.0131. The number of aliphatic hydroxyl groups is 1. The Morgan fingerprint density at radius 2 is 1.08 bits per heavy atom. The van der Waals surface area contributed by atoms with Crippen molar-refractivity contribution in [2.45, 2.75) is 91.0 Å². The van der Waals surface area contributed by atoms with Crippen molar-refractivity contribution < 1.29 is 18.4 Å². The van der Waals surface area contributed by atoms with E-state index in [4.69, 9.17) is 18.4 Å². The summed E-state index contributed by atoms with van der Waals surface area (Å²) < 4.78 is 17.6. The zero-order valence-corrected chi connectivity index (χ0v) is 17.8. The maximum Gasteiger partial charge on any atom is 0.500 e. The van der Waals surface area contributed by atoms with Gasteiger partial charge in [0, 0.05) is 32.3 Å². The van der Waals surface area contributed by atoms with E-state index in [-0.39, 0.29) is 5.05 Å². The predicted molar refractivity (Wildman–Crippen MR) is 107 cm³/mol. The summed E-state index contributed by atoms with van der Waals surface area (Å²) in [5.74, 6) is 0. The molecule has 0 atom stereocenters. The summed E-state index contributed by atoms with van der Waals surface area (Å²) in [6.45, 7) is 8.00. The second-order valence-corrected chi connectivity index (χ2v) is 9.26. The number of hydrogen-bond donors (Lipinski definition) is 1. The van der Waals surface area contributed by atoms with Crippen LogP contribution in [0.4, 0.5) is 0 Å². The molecule has 0 aliphatic rings. The largest absolute Gasteiger partial charge is 0.502 e. The minimum absolute atomic E-state index is 0.154. The highest BCUT2D eigenvalue weighted by Gasteiger charge is 2.39. The highest BCUT2D eigenvalue weighted by molar-refractivity contribution is 7.80. The van der Waals surface area contributed by atoms with Gasteiger partial charge in [-0.05, 0) is 45.8 Å². The molecule has 0 amide bonds. The molecule has 0 saturated carbocycles. The molecule has 0 aliphatic heterocycles. The first-order valence-corrected chi connectivity index (χ1v) is 12.1. The number of thiocarbonyl (C=S) groups is 1. The number of rotatable bonds is 18. The molecule has 0 aromatic carbocycles. The average Bonchev–Trinajstić information content (AvgIpc) is 2.53. The van der Waals surface area contributed by atoms with E-state index in [1.54, 1.807) is 0 Å². The molecule has 0 bridgehead atoms. The lowest BCUT2D eigenvalue weighted by molar-refractivity contribution is 0.0706. The standard InChI is InChI=1S/C18H38O4SSi/c1-4-20-24(21-5-2,22-6-3)17-15-13-11-9-7-8-10-12-14-16-18(19)23/h4-17H2,1-3H3,(H,19,23). The van der Waals surface area contributed by atoms with Crippen LogP contribution in [0.15, 0.2) is 0 Å². The number of hydrogen-bond acceptors (Lipinski definition) is 4. The SMILES string of the molecule is CCO[Si](CCCCCCCCCCCC(O)=S)(OCC)OCC. The lowest BCUT2D eigenvalue weighted by atomic mass is 10.1. The molecule has 0 aromatic rings. The smallest absolute Gasteiger partial charge is 0.500 e. The van der Waals surface area contributed by atoms with Crippen molar-refractivity contribution in [1.29, 1.82) is 0 Å². The first-order chi connectivity index (χ1) is 11.6. The van der Waals surface area contributed by atoms with Crippen LogP contribution in [-0.2, 0) is 13.3 Å². The van der Waals surface area contributed by atoms with Gasteiger partial charge in [-0.25, -0.2) is 0 Å². The van der Waals surface area contributed by atoms with Crippen molar-refractivity contribution in [3.63, 3.8) is 0 Å². The third-order valence-corrected chi connectivity index (χ3v) is 7.32. The first kappa shape index (κ1) is 24.0. The Labute approximate surface area is 155 Å². The van der Waals surface area contributed by atoms with Crippen LogP contribution in [0.5, 0.6) is 0 Å². The first-order valence-electron chi connectivity index (χ1n) is 9.73. The summed E-state index contributed by atoms with van der Waals surface area (Å²) in [6.07, 6.45) is 11.6. The van der Waals surface area contributed by atoms with E-state index < -0.39 is 8.80 Å². The molecular formula is C18H38O4SSi. The van der Waals surface area contributed by atoms with Crippen LogP contribution in [-0.4, -0.2) is 38.8 Å². The Morgan fingerprint density at radius 3 is 1.46 bits per heavy atom. The molecule has 0 radical (unpaired) electrons. The normalized spacial score (nSPS) is 11.8. The van der Waals surface area contributed by atoms with Crippen LogP contribution in [0.2, 0.25) is 6.04 Å². The van der Waals surface area contributed by atoms with Crippen molar-refractivity contribution in [3.8, 4) is 0 Å². The molecule has 0 rings (SSSR count). The third kappa shape index (κ3) is 13.3. The molecule has 0 spiro atoms. The van der Waals surface area contributed by atoms with Gasteiger partial charge in [-0.15, -0.1) is 0 Å². The van der Waals surface area contributed by atoms with Crippen molar-refractivity contribution in [2.24, 2.45) is 0 Å². The molecule has 24 heavy (non-hydrogen) atoms. The molecule has 0 heterocycles. The molecule has 4 nitrogen and oxygen atoms in total. The van der Waals surface area contributed by atoms with Gasteiger partial charge in [-0.1, -0.05) is 44.9 Å². The van der Waals surface area contributed by atoms with E-state index in [0.717, 1.165) is 18.9 Å². The van der Waals surface area contributed by atoms with E-state index in [9.17, 15) is 0 Å². The topological polar surface area (TPSA) is 47.9 Å². The van der Waals surface area contributed by atoms with Gasteiger partial charge in [0.2, 0.25) is 0 Å². The monoisotopic (exact) mass is 378 g/mol. The van der Waals surface area contributed by atoms with Gasteiger partial charge in [0.05, 0.1) is 0 Å². The fourth-order valence-corrected chi connectivity index (χ4v) is 5.69. The minimum atomic E-state index is -2.43. The van der Waals surface area contributed by atoms with E-state index in [1.165, 1.54) is 44.9 Å². The van der Waals surface area contributed by atoms with Crippen LogP contribution >= 0.6 is 12.2 Å². The molecule has 1 N–H and O–H groups in total. The average molecular weight is 379 g/mol. The second-order valence-electron chi connectivity index (χ2n) is 6.06. The molecule has 0 fully saturated rings. The van der Waals surface area contributed by atoms with Crippen LogP contribution in [0.25, 0.3) is 0 Å². The van der Waals surface area contributed by atoms with Gasteiger partial charge in [0.25, 0.3) is 0 Å². The van der Waals surface area contributed by atoms with Gasteiger partial charge in [-0.2, -0.15) is 0 Å². The van der Waals surface area contributed by atoms with Crippen LogP contribution in [0, 0.1) is 0 Å². The maximum atomic E-state index is 8.94. The molecule has 0 aliphatic carbocycles. The molecule has 6 heteroatoms. The van der Waals surface area contributed by atoms with Crippen LogP contribution in [0.3, 0.4) is 0 Å². The summed E-state index contributed by atoms with van der Waals surface area (Å²) in [6, 6.07) is 0.934. The summed E-state index contributed by atoms with van der Waals surface area (Å²) in [4.78, 5) is 0. The van der Waals surface area contributed by atoms with Crippen LogP contribution in [0.1, 0.15) is 85.0 Å². The van der Waals surface area contributed by atoms with Gasteiger partial charge in [0.1, 0.15) is 0 Å². The van der Waals surface area contributed by atoms with Gasteiger partial charge in [-0.3, -0.25) is 0 Å². The summed E-state index contributed by atoms with van der Waals surface area (Å²) in [5.41, 5.74) is 0. The summed E-state index contributed by atoms with van der Waals surface area (Å²) in [7, 11) is -2.43. The summed E-state index contributed by atoms with van der Waals surface area (Å²) in [5, 5.41) is 9.09. The quantitative estimate of drug-likeness (QED) is 0.185. The van der Waals surface area contributed by atoms with Crippen molar-refractivity contribution in [2.75, 3.05) is 19.8 Å². The van der Waals surface area contributed by atoms with Gasteiger partial charge < -0.3 is 18.4 Å².